The van der Waals surface area contributed by atoms with Crippen LogP contribution in [0.4, 0.5) is 4.39 Å². The number of rotatable bonds is 0. The summed E-state index contributed by atoms with van der Waals surface area (Å²) in [5.41, 5.74) is 0. The molecule has 1 aliphatic rings. The molecule has 10 heavy (non-hydrogen) atoms. The lowest BCUT2D eigenvalue weighted by Gasteiger charge is -2.28. The summed E-state index contributed by atoms with van der Waals surface area (Å²) in [5, 5.41) is 0. The molecule has 0 aromatic carbocycles. The highest BCUT2D eigenvalue weighted by Crippen LogP contribution is 1.93. The molecule has 2 nitrogen and oxygen atoms in total. The third-order valence-electron chi connectivity index (χ3n) is 1.73. The molecule has 1 rings (SSSR count). The lowest BCUT2D eigenvalue weighted by atomic mass is 10.4. The number of halogens is 1. The first-order valence-corrected chi connectivity index (χ1v) is 3.54. The van der Waals surface area contributed by atoms with Crippen molar-refractivity contribution >= 4 is 0 Å². The van der Waals surface area contributed by atoms with E-state index in [2.05, 4.69) is 23.9 Å². The molecule has 0 saturated carbocycles. The van der Waals surface area contributed by atoms with Gasteiger partial charge in [-0.1, -0.05) is 0 Å². The molecule has 1 heterocycles. The number of hydrogen-bond donors (Lipinski definition) is 0. The lowest BCUT2D eigenvalue weighted by molar-refractivity contribution is 0.181. The fourth-order valence-corrected chi connectivity index (χ4v) is 0.906. The third-order valence-corrected chi connectivity index (χ3v) is 1.73. The lowest BCUT2D eigenvalue weighted by Crippen LogP contribution is -2.42. The van der Waals surface area contributed by atoms with Crippen molar-refractivity contribution in [2.75, 3.05) is 47.5 Å². The van der Waals surface area contributed by atoms with Crippen LogP contribution in [0.2, 0.25) is 0 Å². The van der Waals surface area contributed by atoms with Crippen LogP contribution in [0.25, 0.3) is 0 Å². The Morgan fingerprint density at radius 1 is 0.800 bits per heavy atom. The average molecular weight is 148 g/mol. The monoisotopic (exact) mass is 148 g/mol. The van der Waals surface area contributed by atoms with Crippen molar-refractivity contribution in [3.8, 4) is 0 Å². The summed E-state index contributed by atoms with van der Waals surface area (Å²) in [5.74, 6) is 0. The Kier molecular flexibility index (Phi) is 5.54. The first kappa shape index (κ1) is 9.85. The molecule has 0 bridgehead atoms. The van der Waals surface area contributed by atoms with Crippen molar-refractivity contribution in [3.63, 3.8) is 0 Å². The summed E-state index contributed by atoms with van der Waals surface area (Å²) in [4.78, 5) is 4.72. The SMILES string of the molecule is CF.CN1CCN(C)CC1. The van der Waals surface area contributed by atoms with Gasteiger partial charge in [-0.25, -0.2) is 0 Å². The zero-order valence-electron chi connectivity index (χ0n) is 7.10. The molecular weight excluding hydrogens is 131 g/mol. The van der Waals surface area contributed by atoms with E-state index < -0.39 is 0 Å². The minimum absolute atomic E-state index is 0.500. The number of alkyl halides is 1. The van der Waals surface area contributed by atoms with Gasteiger partial charge < -0.3 is 9.80 Å². The van der Waals surface area contributed by atoms with Crippen molar-refractivity contribution in [1.29, 1.82) is 0 Å². The van der Waals surface area contributed by atoms with Crippen molar-refractivity contribution in [2.24, 2.45) is 0 Å². The summed E-state index contributed by atoms with van der Waals surface area (Å²) in [7, 11) is 4.85. The predicted octanol–water partition coefficient (Wildman–Crippen LogP) is 0.449. The normalized spacial score (nSPS) is 21.6. The molecule has 0 aromatic rings. The number of hydrogen-bond acceptors (Lipinski definition) is 2. The fourth-order valence-electron chi connectivity index (χ4n) is 0.906. The summed E-state index contributed by atoms with van der Waals surface area (Å²) >= 11 is 0. The van der Waals surface area contributed by atoms with Crippen molar-refractivity contribution in [2.45, 2.75) is 0 Å². The van der Waals surface area contributed by atoms with Gasteiger partial charge in [0.1, 0.15) is 0 Å². The van der Waals surface area contributed by atoms with E-state index in [1.807, 2.05) is 0 Å². The zero-order valence-corrected chi connectivity index (χ0v) is 7.10. The second-order valence-electron chi connectivity index (χ2n) is 2.61. The molecule has 1 fully saturated rings. The van der Waals surface area contributed by atoms with Gasteiger partial charge in [0.15, 0.2) is 0 Å². The Hall–Kier alpha value is -0.150. The minimum atomic E-state index is 0.500. The van der Waals surface area contributed by atoms with Crippen molar-refractivity contribution in [1.82, 2.24) is 9.80 Å². The van der Waals surface area contributed by atoms with Gasteiger partial charge in [0.2, 0.25) is 0 Å². The molecule has 0 aliphatic carbocycles. The molecule has 0 aromatic heterocycles. The predicted molar refractivity (Wildman–Crippen MR) is 42.0 cm³/mol. The van der Waals surface area contributed by atoms with Crippen molar-refractivity contribution in [3.05, 3.63) is 0 Å². The summed E-state index contributed by atoms with van der Waals surface area (Å²) in [6.07, 6.45) is 0. The van der Waals surface area contributed by atoms with Gasteiger partial charge in [0, 0.05) is 26.2 Å². The first-order valence-electron chi connectivity index (χ1n) is 3.54. The number of nitrogens with zero attached hydrogens (tertiary/aromatic N) is 2. The van der Waals surface area contributed by atoms with Crippen LogP contribution in [0.1, 0.15) is 0 Å². The minimum Gasteiger partial charge on any atom is -0.304 e. The van der Waals surface area contributed by atoms with Crippen molar-refractivity contribution < 1.29 is 4.39 Å². The Bertz CT molecular complexity index is 60.0. The first-order chi connectivity index (χ1) is 4.79. The summed E-state index contributed by atoms with van der Waals surface area (Å²) in [6.45, 7) is 4.93. The van der Waals surface area contributed by atoms with Crippen LogP contribution in [0, 0.1) is 0 Å². The molecule has 0 unspecified atom stereocenters. The molecule has 0 radical (unpaired) electrons. The molecule has 0 spiro atoms. The highest BCUT2D eigenvalue weighted by molar-refractivity contribution is 4.64. The third kappa shape index (κ3) is 3.80. The fraction of sp³-hybridized carbons (Fsp3) is 1.00. The van der Waals surface area contributed by atoms with Gasteiger partial charge in [-0.3, -0.25) is 4.39 Å². The topological polar surface area (TPSA) is 6.48 Å². The van der Waals surface area contributed by atoms with E-state index >= 15 is 0 Å². The summed E-state index contributed by atoms with van der Waals surface area (Å²) < 4.78 is 9.50. The molecule has 0 amide bonds. The van der Waals surface area contributed by atoms with E-state index in [1.54, 1.807) is 0 Å². The molecule has 1 aliphatic heterocycles. The van der Waals surface area contributed by atoms with E-state index in [9.17, 15) is 4.39 Å². The van der Waals surface area contributed by atoms with E-state index in [-0.39, 0.29) is 0 Å². The van der Waals surface area contributed by atoms with Crippen LogP contribution >= 0.6 is 0 Å². The highest BCUT2D eigenvalue weighted by Gasteiger charge is 2.07. The number of likely N-dealkylation sites (N-methyl/N-ethyl adjacent to an activating group) is 2. The van der Waals surface area contributed by atoms with E-state index in [0.717, 1.165) is 0 Å². The van der Waals surface area contributed by atoms with Crippen LogP contribution in [0.5, 0.6) is 0 Å². The van der Waals surface area contributed by atoms with Gasteiger partial charge in [-0.05, 0) is 14.1 Å². The molecule has 62 valence electrons. The number of piperazine rings is 1. The molecule has 1 saturated heterocycles. The van der Waals surface area contributed by atoms with Crippen LogP contribution in [-0.2, 0) is 0 Å². The van der Waals surface area contributed by atoms with E-state index in [0.29, 0.717) is 7.18 Å². The van der Waals surface area contributed by atoms with Crippen LogP contribution < -0.4 is 0 Å². The standard InChI is InChI=1S/C6H14N2.CH3F/c1-7-3-5-8(2)6-4-7;1-2/h3-6H2,1-2H3;1H3. The van der Waals surface area contributed by atoms with Gasteiger partial charge in [-0.15, -0.1) is 0 Å². The van der Waals surface area contributed by atoms with Gasteiger partial charge in [-0.2, -0.15) is 0 Å². The summed E-state index contributed by atoms with van der Waals surface area (Å²) in [6, 6.07) is 0. The molecule has 0 atom stereocenters. The van der Waals surface area contributed by atoms with Crippen LogP contribution in [-0.4, -0.2) is 57.3 Å². The highest BCUT2D eigenvalue weighted by atomic mass is 19.1. The molecule has 0 N–H and O–H groups in total. The van der Waals surface area contributed by atoms with Crippen LogP contribution in [0.15, 0.2) is 0 Å². The quantitative estimate of drug-likeness (QED) is 0.492. The Morgan fingerprint density at radius 2 is 1.00 bits per heavy atom. The van der Waals surface area contributed by atoms with Crippen LogP contribution in [0.3, 0.4) is 0 Å². The van der Waals surface area contributed by atoms with Gasteiger partial charge in [0.05, 0.1) is 7.18 Å². The second kappa shape index (κ2) is 5.62. The smallest absolute Gasteiger partial charge is 0.0785 e. The Balaban J connectivity index is 0.000000371. The second-order valence-corrected chi connectivity index (χ2v) is 2.61. The maximum atomic E-state index is 9.50. The van der Waals surface area contributed by atoms with Gasteiger partial charge in [0.25, 0.3) is 0 Å². The van der Waals surface area contributed by atoms with E-state index in [1.165, 1.54) is 26.2 Å². The maximum Gasteiger partial charge on any atom is 0.0785 e. The average Bonchev–Trinajstić information content (AvgIpc) is 2.00. The maximum absolute atomic E-state index is 9.50. The van der Waals surface area contributed by atoms with E-state index in [4.69, 9.17) is 0 Å². The largest absolute Gasteiger partial charge is 0.304 e. The Labute approximate surface area is 62.6 Å². The van der Waals surface area contributed by atoms with Gasteiger partial charge >= 0.3 is 0 Å². The zero-order chi connectivity index (χ0) is 7.98. The molecule has 3 heteroatoms. The Morgan fingerprint density at radius 3 is 1.20 bits per heavy atom. The molecular formula is C7H17FN2.